The highest BCUT2D eigenvalue weighted by atomic mass is 79.9. The van der Waals surface area contributed by atoms with Crippen LogP contribution in [0.1, 0.15) is 19.3 Å². The van der Waals surface area contributed by atoms with E-state index in [-0.39, 0.29) is 0 Å². The first-order chi connectivity index (χ1) is 5.78. The monoisotopic (exact) mass is 230 g/mol. The predicted octanol–water partition coefficient (Wildman–Crippen LogP) is 2.32. The van der Waals surface area contributed by atoms with Crippen LogP contribution in [0.2, 0.25) is 0 Å². The maximum atomic E-state index is 4.19. The number of nitrogens with zero attached hydrogens (tertiary/aromatic N) is 1. The summed E-state index contributed by atoms with van der Waals surface area (Å²) in [5.41, 5.74) is 1.52. The lowest BCUT2D eigenvalue weighted by atomic mass is 10.1. The van der Waals surface area contributed by atoms with Crippen molar-refractivity contribution in [2.75, 3.05) is 25.0 Å². The van der Waals surface area contributed by atoms with Crippen molar-refractivity contribution in [1.82, 2.24) is 0 Å². The van der Waals surface area contributed by atoms with Gasteiger partial charge in [-0.15, -0.1) is 0 Å². The van der Waals surface area contributed by atoms with E-state index in [2.05, 4.69) is 22.5 Å². The van der Waals surface area contributed by atoms with Crippen molar-refractivity contribution in [2.24, 2.45) is 0 Å². The Morgan fingerprint density at radius 1 is 1.50 bits per heavy atom. The van der Waals surface area contributed by atoms with Crippen molar-refractivity contribution >= 4 is 15.9 Å². The Morgan fingerprint density at radius 3 is 3.08 bits per heavy atom. The van der Waals surface area contributed by atoms with Gasteiger partial charge in [-0.3, -0.25) is 0 Å². The third kappa shape index (κ3) is 1.16. The van der Waals surface area contributed by atoms with E-state index in [0.29, 0.717) is 0 Å². The second-order valence-electron chi connectivity index (χ2n) is 4.14. The average molecular weight is 231 g/mol. The molecule has 0 aromatic carbocycles. The van der Waals surface area contributed by atoms with Crippen LogP contribution >= 0.6 is 15.9 Å². The number of alkyl halides is 1. The highest BCUT2D eigenvalue weighted by molar-refractivity contribution is 9.09. The Hall–Kier alpha value is 0.180. The molecule has 0 amide bonds. The molecule has 12 heavy (non-hydrogen) atoms. The van der Waals surface area contributed by atoms with E-state index in [4.69, 9.17) is 0 Å². The van der Waals surface area contributed by atoms with Gasteiger partial charge < -0.3 is 4.48 Å². The van der Waals surface area contributed by atoms with Crippen LogP contribution in [0.3, 0.4) is 0 Å². The summed E-state index contributed by atoms with van der Waals surface area (Å²) in [5, 5.41) is 1.15. The Morgan fingerprint density at radius 2 is 2.33 bits per heavy atom. The second-order valence-corrected chi connectivity index (χ2v) is 4.94. The van der Waals surface area contributed by atoms with Crippen LogP contribution in [0.4, 0.5) is 0 Å². The lowest BCUT2D eigenvalue weighted by Gasteiger charge is -2.34. The lowest BCUT2D eigenvalue weighted by Crippen LogP contribution is -2.48. The van der Waals surface area contributed by atoms with Crippen LogP contribution < -0.4 is 0 Å². The third-order valence-electron chi connectivity index (χ3n) is 3.62. The van der Waals surface area contributed by atoms with Gasteiger partial charge in [-0.25, -0.2) is 0 Å². The summed E-state index contributed by atoms with van der Waals surface area (Å²) in [6.07, 6.45) is 4.08. The van der Waals surface area contributed by atoms with Crippen molar-refractivity contribution in [1.29, 1.82) is 0 Å². The first-order valence-electron chi connectivity index (χ1n) is 4.88. The Balaban J connectivity index is 2.17. The molecular weight excluding hydrogens is 214 g/mol. The molecule has 0 N–H and O–H groups in total. The van der Waals surface area contributed by atoms with Crippen molar-refractivity contribution < 1.29 is 4.48 Å². The normalized spacial score (nSPS) is 40.4. The maximum Gasteiger partial charge on any atom is 0.111 e. The Bertz CT molecular complexity index is 202. The summed E-state index contributed by atoms with van der Waals surface area (Å²) in [6, 6.07) is 0.822. The zero-order chi connectivity index (χ0) is 8.60. The number of rotatable bonds is 2. The van der Waals surface area contributed by atoms with Crippen LogP contribution in [0.5, 0.6) is 0 Å². The number of fused-ring (bicyclic) bond motifs is 1. The molecule has 0 aromatic rings. The van der Waals surface area contributed by atoms with Gasteiger partial charge in [0.25, 0.3) is 0 Å². The van der Waals surface area contributed by atoms with Crippen molar-refractivity contribution in [3.63, 3.8) is 0 Å². The average Bonchev–Trinajstić information content (AvgIpc) is 2.55. The van der Waals surface area contributed by atoms with Crippen molar-refractivity contribution in [3.05, 3.63) is 12.2 Å². The molecule has 2 unspecified atom stereocenters. The van der Waals surface area contributed by atoms with E-state index < -0.39 is 0 Å². The molecule has 0 bridgehead atoms. The Kier molecular flexibility index (Phi) is 2.30. The minimum Gasteiger partial charge on any atom is -0.317 e. The maximum absolute atomic E-state index is 4.19. The number of halogens is 1. The van der Waals surface area contributed by atoms with Gasteiger partial charge in [0.2, 0.25) is 0 Å². The lowest BCUT2D eigenvalue weighted by molar-refractivity contribution is -0.922. The highest BCUT2D eigenvalue weighted by Crippen LogP contribution is 2.38. The zero-order valence-corrected chi connectivity index (χ0v) is 9.15. The van der Waals surface area contributed by atoms with Gasteiger partial charge in [-0.2, -0.15) is 0 Å². The molecule has 2 saturated heterocycles. The minimum absolute atomic E-state index is 0.822. The molecule has 0 saturated carbocycles. The van der Waals surface area contributed by atoms with Gasteiger partial charge in [0.15, 0.2) is 0 Å². The topological polar surface area (TPSA) is 0 Å². The molecule has 0 radical (unpaired) electrons. The first kappa shape index (κ1) is 8.76. The van der Waals surface area contributed by atoms with E-state index >= 15 is 0 Å². The van der Waals surface area contributed by atoms with Crippen LogP contribution in [-0.2, 0) is 0 Å². The van der Waals surface area contributed by atoms with Gasteiger partial charge in [0.1, 0.15) is 6.04 Å². The summed E-state index contributed by atoms with van der Waals surface area (Å²) in [7, 11) is 0. The molecule has 2 heteroatoms. The van der Waals surface area contributed by atoms with E-state index in [1.54, 1.807) is 0 Å². The van der Waals surface area contributed by atoms with E-state index in [1.165, 1.54) is 49.0 Å². The minimum atomic E-state index is 0.822. The van der Waals surface area contributed by atoms with E-state index in [9.17, 15) is 0 Å². The molecular formula is C10H17BrN+. The number of hydrogen-bond acceptors (Lipinski definition) is 0. The molecule has 2 heterocycles. The van der Waals surface area contributed by atoms with Gasteiger partial charge in [0, 0.05) is 19.3 Å². The Labute approximate surface area is 83.2 Å². The largest absolute Gasteiger partial charge is 0.317 e. The highest BCUT2D eigenvalue weighted by Gasteiger charge is 2.46. The van der Waals surface area contributed by atoms with Gasteiger partial charge >= 0.3 is 0 Å². The molecule has 2 atom stereocenters. The second kappa shape index (κ2) is 3.15. The molecule has 0 aromatic heterocycles. The van der Waals surface area contributed by atoms with Gasteiger partial charge in [-0.05, 0) is 5.57 Å². The standard InChI is InChI=1S/C10H17BrN/c1-9-4-7-12(8-5-11)6-2-3-10(9)12/h10H,1-8H2/q+1. The molecule has 0 spiro atoms. The van der Waals surface area contributed by atoms with E-state index in [1.807, 2.05) is 0 Å². The molecule has 1 nitrogen and oxygen atoms in total. The molecule has 2 fully saturated rings. The van der Waals surface area contributed by atoms with Gasteiger partial charge in [-0.1, -0.05) is 22.5 Å². The SMILES string of the molecule is C=C1CC[N+]2(CCBr)CCCC12. The summed E-state index contributed by atoms with van der Waals surface area (Å²) < 4.78 is 1.35. The molecule has 2 rings (SSSR count). The van der Waals surface area contributed by atoms with Crippen LogP contribution in [-0.4, -0.2) is 35.5 Å². The summed E-state index contributed by atoms with van der Waals surface area (Å²) in [4.78, 5) is 0. The van der Waals surface area contributed by atoms with Crippen LogP contribution in [0, 0.1) is 0 Å². The fraction of sp³-hybridized carbons (Fsp3) is 0.800. The molecule has 2 aliphatic heterocycles. The van der Waals surface area contributed by atoms with Crippen LogP contribution in [0.25, 0.3) is 0 Å². The molecule has 0 aliphatic carbocycles. The van der Waals surface area contributed by atoms with E-state index in [0.717, 1.165) is 11.4 Å². The molecule has 68 valence electrons. The quantitative estimate of drug-likeness (QED) is 0.388. The smallest absolute Gasteiger partial charge is 0.111 e. The number of quaternary nitrogens is 1. The van der Waals surface area contributed by atoms with Crippen molar-refractivity contribution in [3.8, 4) is 0 Å². The number of hydrogen-bond donors (Lipinski definition) is 0. The van der Waals surface area contributed by atoms with Crippen LogP contribution in [0.15, 0.2) is 12.2 Å². The molecule has 2 aliphatic rings. The predicted molar refractivity (Wildman–Crippen MR) is 55.4 cm³/mol. The fourth-order valence-corrected chi connectivity index (χ4v) is 3.68. The first-order valence-corrected chi connectivity index (χ1v) is 6.00. The fourth-order valence-electron chi connectivity index (χ4n) is 2.97. The third-order valence-corrected chi connectivity index (χ3v) is 3.98. The van der Waals surface area contributed by atoms with Crippen molar-refractivity contribution in [2.45, 2.75) is 25.3 Å². The van der Waals surface area contributed by atoms with Gasteiger partial charge in [0.05, 0.1) is 25.0 Å². The summed E-state index contributed by atoms with van der Waals surface area (Å²) in [6.45, 7) is 8.26. The summed E-state index contributed by atoms with van der Waals surface area (Å²) >= 11 is 3.57. The zero-order valence-electron chi connectivity index (χ0n) is 7.56. The summed E-state index contributed by atoms with van der Waals surface area (Å²) in [5.74, 6) is 0.